The molecule has 0 radical (unpaired) electrons. The van der Waals surface area contributed by atoms with E-state index in [2.05, 4.69) is 51.3 Å². The van der Waals surface area contributed by atoms with Gasteiger partial charge in [0.15, 0.2) is 5.76 Å². The minimum absolute atomic E-state index is 0.0646. The number of hydrogen-bond donors (Lipinski definition) is 1. The summed E-state index contributed by atoms with van der Waals surface area (Å²) in [5.41, 5.74) is 5.29. The number of piperazine rings is 1. The maximum atomic E-state index is 13.3. The quantitative estimate of drug-likeness (QED) is 0.507. The minimum atomic E-state index is -0.221. The molecule has 1 N–H and O–H groups in total. The molecule has 2 aromatic heterocycles. The van der Waals surface area contributed by atoms with Crippen molar-refractivity contribution in [3.05, 3.63) is 90.1 Å². The van der Waals surface area contributed by atoms with Crippen LogP contribution < -0.4 is 0 Å². The summed E-state index contributed by atoms with van der Waals surface area (Å²) in [5, 5.41) is 7.48. The molecule has 0 spiro atoms. The van der Waals surface area contributed by atoms with Crippen LogP contribution in [0, 0.1) is 5.82 Å². The van der Waals surface area contributed by atoms with Crippen LogP contribution in [0.15, 0.2) is 77.5 Å². The van der Waals surface area contributed by atoms with Gasteiger partial charge in [-0.2, -0.15) is 5.10 Å². The van der Waals surface area contributed by atoms with Crippen LogP contribution >= 0.6 is 0 Å². The Balaban J connectivity index is 1.52. The summed E-state index contributed by atoms with van der Waals surface area (Å²) >= 11 is 0. The van der Waals surface area contributed by atoms with E-state index in [1.54, 1.807) is 6.26 Å². The van der Waals surface area contributed by atoms with E-state index >= 15 is 0 Å². The van der Waals surface area contributed by atoms with Crippen molar-refractivity contribution >= 4 is 0 Å². The average molecular weight is 417 g/mol. The molecular formula is C25H25FN4O. The fourth-order valence-corrected chi connectivity index (χ4v) is 4.29. The van der Waals surface area contributed by atoms with Crippen molar-refractivity contribution in [1.29, 1.82) is 0 Å². The Morgan fingerprint density at radius 1 is 0.935 bits per heavy atom. The molecule has 1 aliphatic rings. The number of halogens is 1. The molecule has 0 bridgehead atoms. The lowest BCUT2D eigenvalue weighted by Crippen LogP contribution is -2.46. The number of H-pyrrole nitrogens is 1. The van der Waals surface area contributed by atoms with Gasteiger partial charge in [-0.25, -0.2) is 4.39 Å². The van der Waals surface area contributed by atoms with E-state index in [0.717, 1.165) is 54.3 Å². The second kappa shape index (κ2) is 8.49. The van der Waals surface area contributed by atoms with E-state index in [0.29, 0.717) is 0 Å². The topological polar surface area (TPSA) is 48.3 Å². The highest BCUT2D eigenvalue weighted by Crippen LogP contribution is 2.36. The molecular weight excluding hydrogens is 391 g/mol. The summed E-state index contributed by atoms with van der Waals surface area (Å²) in [5.74, 6) is 0.565. The van der Waals surface area contributed by atoms with Gasteiger partial charge in [0.1, 0.15) is 11.5 Å². The third kappa shape index (κ3) is 4.04. The molecule has 5 nitrogen and oxygen atoms in total. The summed E-state index contributed by atoms with van der Waals surface area (Å²) in [4.78, 5) is 4.86. The van der Waals surface area contributed by atoms with Gasteiger partial charge in [0.2, 0.25) is 0 Å². The number of benzene rings is 2. The lowest BCUT2D eigenvalue weighted by molar-refractivity contribution is 0.127. The zero-order chi connectivity index (χ0) is 21.2. The molecule has 5 rings (SSSR count). The molecule has 158 valence electrons. The van der Waals surface area contributed by atoms with Crippen molar-refractivity contribution in [3.8, 4) is 22.6 Å². The zero-order valence-corrected chi connectivity index (χ0v) is 17.5. The minimum Gasteiger partial charge on any atom is -0.463 e. The molecule has 1 aliphatic heterocycles. The lowest BCUT2D eigenvalue weighted by atomic mass is 9.94. The number of furan rings is 1. The number of aromatic amines is 1. The Labute approximate surface area is 181 Å². The van der Waals surface area contributed by atoms with Gasteiger partial charge in [0, 0.05) is 31.7 Å². The first-order chi connectivity index (χ1) is 15.2. The maximum Gasteiger partial charge on any atom is 0.151 e. The van der Waals surface area contributed by atoms with Crippen LogP contribution in [-0.2, 0) is 0 Å². The molecule has 0 saturated carbocycles. The van der Waals surface area contributed by atoms with E-state index in [9.17, 15) is 4.39 Å². The van der Waals surface area contributed by atoms with Gasteiger partial charge in [-0.3, -0.25) is 10.00 Å². The van der Waals surface area contributed by atoms with E-state index in [4.69, 9.17) is 4.42 Å². The van der Waals surface area contributed by atoms with E-state index < -0.39 is 0 Å². The first-order valence-corrected chi connectivity index (χ1v) is 10.5. The molecule has 1 saturated heterocycles. The summed E-state index contributed by atoms with van der Waals surface area (Å²) in [6, 6.07) is 19.1. The van der Waals surface area contributed by atoms with Crippen LogP contribution in [0.5, 0.6) is 0 Å². The first-order valence-electron chi connectivity index (χ1n) is 10.5. The largest absolute Gasteiger partial charge is 0.463 e. The molecule has 4 aromatic rings. The molecule has 1 unspecified atom stereocenters. The van der Waals surface area contributed by atoms with Crippen molar-refractivity contribution in [2.75, 3.05) is 33.2 Å². The SMILES string of the molecule is CN1CCN(C(c2ccc(-c3ccc(F)cc3)cc2)c2cn[nH]c2-c2ccco2)CC1. The Kier molecular flexibility index (Phi) is 5.40. The molecule has 31 heavy (non-hydrogen) atoms. The van der Waals surface area contributed by atoms with Gasteiger partial charge in [0.25, 0.3) is 0 Å². The van der Waals surface area contributed by atoms with Crippen LogP contribution in [0.3, 0.4) is 0 Å². The predicted molar refractivity (Wildman–Crippen MR) is 119 cm³/mol. The maximum absolute atomic E-state index is 13.3. The summed E-state index contributed by atoms with van der Waals surface area (Å²) in [7, 11) is 2.16. The first kappa shape index (κ1) is 19.7. The number of nitrogens with zero attached hydrogens (tertiary/aromatic N) is 3. The second-order valence-corrected chi connectivity index (χ2v) is 8.05. The zero-order valence-electron chi connectivity index (χ0n) is 17.5. The molecule has 0 amide bonds. The van der Waals surface area contributed by atoms with Gasteiger partial charge in [-0.05, 0) is 48.0 Å². The van der Waals surface area contributed by atoms with Gasteiger partial charge in [-0.1, -0.05) is 36.4 Å². The third-order valence-electron chi connectivity index (χ3n) is 6.04. The molecule has 3 heterocycles. The highest BCUT2D eigenvalue weighted by atomic mass is 19.1. The van der Waals surface area contributed by atoms with Gasteiger partial charge < -0.3 is 9.32 Å². The third-order valence-corrected chi connectivity index (χ3v) is 6.04. The number of rotatable bonds is 5. The number of nitrogens with one attached hydrogen (secondary N) is 1. The van der Waals surface area contributed by atoms with Crippen LogP contribution in [0.1, 0.15) is 17.2 Å². The Morgan fingerprint density at radius 3 is 2.26 bits per heavy atom. The second-order valence-electron chi connectivity index (χ2n) is 8.05. The van der Waals surface area contributed by atoms with E-state index in [1.807, 2.05) is 30.5 Å². The van der Waals surface area contributed by atoms with Crippen LogP contribution in [0.4, 0.5) is 4.39 Å². The van der Waals surface area contributed by atoms with Crippen molar-refractivity contribution in [1.82, 2.24) is 20.0 Å². The Hall–Kier alpha value is -3.22. The van der Waals surface area contributed by atoms with Crippen LogP contribution in [-0.4, -0.2) is 53.2 Å². The molecule has 1 atom stereocenters. The molecule has 6 heteroatoms. The Morgan fingerprint density at radius 2 is 1.61 bits per heavy atom. The fourth-order valence-electron chi connectivity index (χ4n) is 4.29. The monoisotopic (exact) mass is 416 g/mol. The Bertz CT molecular complexity index is 1110. The summed E-state index contributed by atoms with van der Waals surface area (Å²) < 4.78 is 19.0. The van der Waals surface area contributed by atoms with Gasteiger partial charge in [0.05, 0.1) is 18.5 Å². The average Bonchev–Trinajstić information content (AvgIpc) is 3.48. The van der Waals surface area contributed by atoms with E-state index in [1.165, 1.54) is 17.7 Å². The molecule has 0 aliphatic carbocycles. The standard InChI is InChI=1S/C25H25FN4O/c1-29-12-14-30(15-13-29)25(22-17-27-28-24(22)23-3-2-16-31-23)20-6-4-18(5-7-20)19-8-10-21(26)11-9-19/h2-11,16-17,25H,12-15H2,1H3,(H,27,28). The van der Waals surface area contributed by atoms with Crippen molar-refractivity contribution in [3.63, 3.8) is 0 Å². The molecule has 2 aromatic carbocycles. The fraction of sp³-hybridized carbons (Fsp3) is 0.240. The lowest BCUT2D eigenvalue weighted by Gasteiger charge is -2.38. The summed E-state index contributed by atoms with van der Waals surface area (Å²) in [6.07, 6.45) is 3.59. The van der Waals surface area contributed by atoms with E-state index in [-0.39, 0.29) is 11.9 Å². The van der Waals surface area contributed by atoms with Crippen LogP contribution in [0.2, 0.25) is 0 Å². The number of aromatic nitrogens is 2. The van der Waals surface area contributed by atoms with Gasteiger partial charge in [-0.15, -0.1) is 0 Å². The highest BCUT2D eigenvalue weighted by Gasteiger charge is 2.29. The number of hydrogen-bond acceptors (Lipinski definition) is 4. The van der Waals surface area contributed by atoms with Crippen molar-refractivity contribution in [2.45, 2.75) is 6.04 Å². The number of likely N-dealkylation sites (N-methyl/N-ethyl adjacent to an activating group) is 1. The molecule has 1 fully saturated rings. The normalized spacial score (nSPS) is 16.5. The van der Waals surface area contributed by atoms with Crippen molar-refractivity contribution < 1.29 is 8.81 Å². The smallest absolute Gasteiger partial charge is 0.151 e. The van der Waals surface area contributed by atoms with Crippen molar-refractivity contribution in [2.24, 2.45) is 0 Å². The summed E-state index contributed by atoms with van der Waals surface area (Å²) in [6.45, 7) is 4.00. The highest BCUT2D eigenvalue weighted by molar-refractivity contribution is 5.64. The van der Waals surface area contributed by atoms with Gasteiger partial charge >= 0.3 is 0 Å². The predicted octanol–water partition coefficient (Wildman–Crippen LogP) is 4.81. The van der Waals surface area contributed by atoms with Crippen LogP contribution in [0.25, 0.3) is 22.6 Å².